The van der Waals surface area contributed by atoms with Crippen molar-refractivity contribution in [3.8, 4) is 11.8 Å². The van der Waals surface area contributed by atoms with Gasteiger partial charge in [0, 0.05) is 30.2 Å². The molecule has 0 atom stereocenters. The molecule has 1 N–H and O–H groups in total. The third-order valence-corrected chi connectivity index (χ3v) is 3.35. The first-order chi connectivity index (χ1) is 8.81. The van der Waals surface area contributed by atoms with Crippen LogP contribution in [0.25, 0.3) is 0 Å². The zero-order valence-electron chi connectivity index (χ0n) is 10.6. The molecule has 1 aromatic carbocycles. The summed E-state index contributed by atoms with van der Waals surface area (Å²) in [4.78, 5) is 0. The SMILES string of the molecule is C=CCSCCNCc1cc(C#N)ccc1OC. The van der Waals surface area contributed by atoms with E-state index < -0.39 is 0 Å². The fourth-order valence-corrected chi connectivity index (χ4v) is 2.14. The Morgan fingerprint density at radius 2 is 2.39 bits per heavy atom. The van der Waals surface area contributed by atoms with Gasteiger partial charge < -0.3 is 10.1 Å². The summed E-state index contributed by atoms with van der Waals surface area (Å²) in [6.07, 6.45) is 1.91. The second-order valence-electron chi connectivity index (χ2n) is 3.68. The number of nitrogens with zero attached hydrogens (tertiary/aromatic N) is 1. The normalized spacial score (nSPS) is 9.78. The summed E-state index contributed by atoms with van der Waals surface area (Å²) >= 11 is 1.84. The molecule has 0 aliphatic heterocycles. The number of rotatable bonds is 8. The van der Waals surface area contributed by atoms with Crippen molar-refractivity contribution in [2.24, 2.45) is 0 Å². The van der Waals surface area contributed by atoms with Crippen molar-refractivity contribution in [2.45, 2.75) is 6.54 Å². The van der Waals surface area contributed by atoms with Gasteiger partial charge >= 0.3 is 0 Å². The maximum absolute atomic E-state index is 8.87. The fourth-order valence-electron chi connectivity index (χ4n) is 1.52. The number of nitriles is 1. The molecule has 0 heterocycles. The molecule has 1 aromatic rings. The van der Waals surface area contributed by atoms with Gasteiger partial charge in [0.25, 0.3) is 0 Å². The van der Waals surface area contributed by atoms with Gasteiger partial charge in [-0.25, -0.2) is 0 Å². The Morgan fingerprint density at radius 3 is 3.06 bits per heavy atom. The Bertz CT molecular complexity index is 426. The second kappa shape index (κ2) is 8.62. The summed E-state index contributed by atoms with van der Waals surface area (Å²) in [5.74, 6) is 2.85. The fraction of sp³-hybridized carbons (Fsp3) is 0.357. The summed E-state index contributed by atoms with van der Waals surface area (Å²) < 4.78 is 5.27. The van der Waals surface area contributed by atoms with Crippen LogP contribution < -0.4 is 10.1 Å². The van der Waals surface area contributed by atoms with Crippen LogP contribution in [0.3, 0.4) is 0 Å². The molecule has 0 aromatic heterocycles. The molecule has 0 radical (unpaired) electrons. The second-order valence-corrected chi connectivity index (χ2v) is 4.83. The molecule has 0 aliphatic rings. The number of methoxy groups -OCH3 is 1. The first kappa shape index (κ1) is 14.6. The van der Waals surface area contributed by atoms with Gasteiger partial charge in [0.05, 0.1) is 18.7 Å². The van der Waals surface area contributed by atoms with Crippen LogP contribution in [0.5, 0.6) is 5.75 Å². The van der Waals surface area contributed by atoms with Gasteiger partial charge in [0.15, 0.2) is 0 Å². The Morgan fingerprint density at radius 1 is 1.56 bits per heavy atom. The maximum Gasteiger partial charge on any atom is 0.123 e. The zero-order chi connectivity index (χ0) is 13.2. The minimum Gasteiger partial charge on any atom is -0.496 e. The van der Waals surface area contributed by atoms with Crippen molar-refractivity contribution in [2.75, 3.05) is 25.2 Å². The highest BCUT2D eigenvalue weighted by Gasteiger charge is 2.03. The Hall–Kier alpha value is -1.44. The first-order valence-corrected chi connectivity index (χ1v) is 6.93. The average molecular weight is 262 g/mol. The molecule has 1 rings (SSSR count). The monoisotopic (exact) mass is 262 g/mol. The van der Waals surface area contributed by atoms with Crippen LogP contribution in [-0.4, -0.2) is 25.2 Å². The topological polar surface area (TPSA) is 45.0 Å². The summed E-state index contributed by atoms with van der Waals surface area (Å²) in [5.41, 5.74) is 1.68. The number of hydrogen-bond donors (Lipinski definition) is 1. The van der Waals surface area contributed by atoms with Gasteiger partial charge in [-0.3, -0.25) is 0 Å². The Kier molecular flexibility index (Phi) is 7.00. The van der Waals surface area contributed by atoms with Crippen molar-refractivity contribution in [3.05, 3.63) is 42.0 Å². The van der Waals surface area contributed by atoms with Crippen LogP contribution in [0, 0.1) is 11.3 Å². The van der Waals surface area contributed by atoms with Crippen molar-refractivity contribution in [1.29, 1.82) is 5.26 Å². The lowest BCUT2D eigenvalue weighted by Crippen LogP contribution is -2.17. The molecule has 0 aliphatic carbocycles. The van der Waals surface area contributed by atoms with Crippen LogP contribution in [-0.2, 0) is 6.54 Å². The number of benzene rings is 1. The average Bonchev–Trinajstić information content (AvgIpc) is 2.42. The van der Waals surface area contributed by atoms with E-state index in [-0.39, 0.29) is 0 Å². The van der Waals surface area contributed by atoms with Crippen molar-refractivity contribution >= 4 is 11.8 Å². The van der Waals surface area contributed by atoms with Crippen LogP contribution >= 0.6 is 11.8 Å². The summed E-state index contributed by atoms with van der Waals surface area (Å²) in [6.45, 7) is 5.32. The lowest BCUT2D eigenvalue weighted by atomic mass is 10.1. The van der Waals surface area contributed by atoms with E-state index in [1.54, 1.807) is 13.2 Å². The van der Waals surface area contributed by atoms with Crippen LogP contribution in [0.4, 0.5) is 0 Å². The minimum atomic E-state index is 0.661. The van der Waals surface area contributed by atoms with E-state index in [4.69, 9.17) is 10.00 Å². The molecule has 0 bridgehead atoms. The third kappa shape index (κ3) is 4.82. The molecular weight excluding hydrogens is 244 g/mol. The quantitative estimate of drug-likeness (QED) is 0.578. The van der Waals surface area contributed by atoms with Crippen molar-refractivity contribution in [3.63, 3.8) is 0 Å². The third-order valence-electron chi connectivity index (χ3n) is 2.38. The van der Waals surface area contributed by atoms with Gasteiger partial charge in [0.1, 0.15) is 5.75 Å². The van der Waals surface area contributed by atoms with Gasteiger partial charge in [-0.1, -0.05) is 6.08 Å². The molecule has 4 heteroatoms. The highest BCUT2D eigenvalue weighted by molar-refractivity contribution is 7.99. The Labute approximate surface area is 113 Å². The van der Waals surface area contributed by atoms with E-state index in [1.807, 2.05) is 30.0 Å². The van der Waals surface area contributed by atoms with Crippen LogP contribution in [0.1, 0.15) is 11.1 Å². The van der Waals surface area contributed by atoms with E-state index in [1.165, 1.54) is 0 Å². The number of nitrogens with one attached hydrogen (secondary N) is 1. The summed E-state index contributed by atoms with van der Waals surface area (Å²) in [5, 5.41) is 12.2. The smallest absolute Gasteiger partial charge is 0.123 e. The van der Waals surface area contributed by atoms with Crippen molar-refractivity contribution in [1.82, 2.24) is 5.32 Å². The molecule has 0 unspecified atom stereocenters. The van der Waals surface area contributed by atoms with Crippen LogP contribution in [0.15, 0.2) is 30.9 Å². The lowest BCUT2D eigenvalue weighted by molar-refractivity contribution is 0.408. The van der Waals surface area contributed by atoms with Gasteiger partial charge in [0.2, 0.25) is 0 Å². The highest BCUT2D eigenvalue weighted by atomic mass is 32.2. The molecule has 96 valence electrons. The lowest BCUT2D eigenvalue weighted by Gasteiger charge is -2.09. The number of thioether (sulfide) groups is 1. The minimum absolute atomic E-state index is 0.661. The van der Waals surface area contributed by atoms with E-state index in [9.17, 15) is 0 Å². The molecule has 18 heavy (non-hydrogen) atoms. The molecule has 0 saturated heterocycles. The number of hydrogen-bond acceptors (Lipinski definition) is 4. The zero-order valence-corrected chi connectivity index (χ0v) is 11.4. The van der Waals surface area contributed by atoms with Crippen LogP contribution in [0.2, 0.25) is 0 Å². The van der Waals surface area contributed by atoms with E-state index in [0.717, 1.165) is 29.4 Å². The molecule has 0 spiro atoms. The highest BCUT2D eigenvalue weighted by Crippen LogP contribution is 2.19. The standard InChI is InChI=1S/C14H18N2OS/c1-3-7-18-8-6-16-11-13-9-12(10-15)4-5-14(13)17-2/h3-5,9,16H,1,6-8,11H2,2H3. The Balaban J connectivity index is 2.45. The van der Waals surface area contributed by atoms with E-state index >= 15 is 0 Å². The summed E-state index contributed by atoms with van der Waals surface area (Å²) in [6, 6.07) is 7.60. The predicted molar refractivity (Wildman–Crippen MR) is 76.9 cm³/mol. The predicted octanol–water partition coefficient (Wildman–Crippen LogP) is 2.58. The first-order valence-electron chi connectivity index (χ1n) is 5.78. The summed E-state index contributed by atoms with van der Waals surface area (Å²) in [7, 11) is 1.64. The molecule has 0 fully saturated rings. The molecule has 3 nitrogen and oxygen atoms in total. The van der Waals surface area contributed by atoms with Gasteiger partial charge in [-0.05, 0) is 18.2 Å². The van der Waals surface area contributed by atoms with Gasteiger partial charge in [-0.2, -0.15) is 17.0 Å². The van der Waals surface area contributed by atoms with Crippen molar-refractivity contribution < 1.29 is 4.74 Å². The molecular formula is C14H18N2OS. The number of ether oxygens (including phenoxy) is 1. The molecule has 0 saturated carbocycles. The van der Waals surface area contributed by atoms with E-state index in [2.05, 4.69) is 18.0 Å². The van der Waals surface area contributed by atoms with Gasteiger partial charge in [-0.15, -0.1) is 6.58 Å². The van der Waals surface area contributed by atoms with E-state index in [0.29, 0.717) is 12.1 Å². The largest absolute Gasteiger partial charge is 0.496 e. The molecule has 0 amide bonds. The maximum atomic E-state index is 8.87.